The molecular weight excluding hydrogens is 390 g/mol. The molecule has 0 spiro atoms. The number of unbranched alkanes of at least 4 members (excludes halogenated alkanes) is 11. The molecule has 0 fully saturated rings. The molecule has 0 rings (SSSR count). The zero-order valence-corrected chi connectivity index (χ0v) is 18.5. The van der Waals surface area contributed by atoms with Crippen LogP contribution in [0.4, 0.5) is 0 Å². The normalized spacial score (nSPS) is 12.8. The lowest BCUT2D eigenvalue weighted by atomic mass is 10.1. The van der Waals surface area contributed by atoms with Crippen LogP contribution in [-0.4, -0.2) is 64.3 Å². The van der Waals surface area contributed by atoms with Crippen LogP contribution in [0, 0.1) is 0 Å². The van der Waals surface area contributed by atoms with Crippen LogP contribution in [0.15, 0.2) is 12.2 Å². The Kier molecular flexibility index (Phi) is 24.4. The van der Waals surface area contributed by atoms with Crippen molar-refractivity contribution in [3.8, 4) is 0 Å². The second-order valence-corrected chi connectivity index (χ2v) is 7.32. The number of ether oxygens (including phenoxy) is 1. The molecule has 30 heavy (non-hydrogen) atoms. The fourth-order valence-corrected chi connectivity index (χ4v) is 2.46. The van der Waals surface area contributed by atoms with Crippen molar-refractivity contribution in [2.24, 2.45) is 5.73 Å². The molecule has 0 aromatic rings. The smallest absolute Gasteiger partial charge is 0.330 e. The number of hydrogen-bond acceptors (Lipinski definition) is 7. The first-order chi connectivity index (χ1) is 14.4. The van der Waals surface area contributed by atoms with Crippen LogP contribution >= 0.6 is 0 Å². The van der Waals surface area contributed by atoms with Crippen LogP contribution in [-0.2, 0) is 14.3 Å². The number of aliphatic hydroxyl groups excluding tert-OH is 3. The van der Waals surface area contributed by atoms with Gasteiger partial charge >= 0.3 is 11.9 Å². The first-order valence-corrected chi connectivity index (χ1v) is 11.1. The number of carboxylic acid groups (broad SMARTS) is 1. The van der Waals surface area contributed by atoms with Gasteiger partial charge in [0.05, 0.1) is 13.2 Å². The molecule has 0 aliphatic carbocycles. The van der Waals surface area contributed by atoms with E-state index in [-0.39, 0.29) is 6.61 Å². The van der Waals surface area contributed by atoms with Crippen LogP contribution < -0.4 is 5.73 Å². The molecule has 0 saturated carbocycles. The van der Waals surface area contributed by atoms with E-state index in [0.29, 0.717) is 0 Å². The standard InChI is InChI=1S/C19H36O4.C3H7NO3/c1-2-3-4-5-6-7-8-9-10-11-12-13-14-15-19(22)23-17-18(21)16-20;4-2(1-5)3(6)7/h14-15,18,20-21H,2-13,16-17H2,1H3;2,5H,1,4H2,(H,6,7)/t;2-/m.0/s1. The maximum Gasteiger partial charge on any atom is 0.330 e. The second kappa shape index (κ2) is 23.8. The van der Waals surface area contributed by atoms with Crippen molar-refractivity contribution in [1.29, 1.82) is 0 Å². The Morgan fingerprint density at radius 1 is 0.900 bits per heavy atom. The van der Waals surface area contributed by atoms with Gasteiger partial charge in [0.25, 0.3) is 0 Å². The van der Waals surface area contributed by atoms with Crippen molar-refractivity contribution in [3.63, 3.8) is 0 Å². The quantitative estimate of drug-likeness (QED) is 0.126. The van der Waals surface area contributed by atoms with Gasteiger partial charge in [-0.1, -0.05) is 77.2 Å². The van der Waals surface area contributed by atoms with E-state index in [9.17, 15) is 9.59 Å². The summed E-state index contributed by atoms with van der Waals surface area (Å²) in [4.78, 5) is 20.9. The van der Waals surface area contributed by atoms with Gasteiger partial charge in [0.1, 0.15) is 18.8 Å². The van der Waals surface area contributed by atoms with Gasteiger partial charge in [0.2, 0.25) is 0 Å². The van der Waals surface area contributed by atoms with Gasteiger partial charge in [0.15, 0.2) is 0 Å². The number of aliphatic carboxylic acids is 1. The van der Waals surface area contributed by atoms with Gasteiger partial charge in [-0.25, -0.2) is 4.79 Å². The Bertz CT molecular complexity index is 430. The maximum atomic E-state index is 11.3. The Balaban J connectivity index is 0. The molecule has 0 heterocycles. The highest BCUT2D eigenvalue weighted by Gasteiger charge is 2.07. The zero-order chi connectivity index (χ0) is 23.0. The largest absolute Gasteiger partial charge is 0.480 e. The summed E-state index contributed by atoms with van der Waals surface area (Å²) in [5.74, 6) is -1.64. The first-order valence-electron chi connectivity index (χ1n) is 11.1. The van der Waals surface area contributed by atoms with Crippen molar-refractivity contribution < 1.29 is 34.8 Å². The number of carboxylic acids is 1. The Labute approximate surface area is 181 Å². The number of rotatable bonds is 18. The summed E-state index contributed by atoms with van der Waals surface area (Å²) >= 11 is 0. The van der Waals surface area contributed by atoms with Gasteiger partial charge in [-0.05, 0) is 12.8 Å². The minimum Gasteiger partial charge on any atom is -0.480 e. The van der Waals surface area contributed by atoms with Crippen LogP contribution in [0.3, 0.4) is 0 Å². The number of nitrogens with two attached hydrogens (primary N) is 1. The van der Waals surface area contributed by atoms with Gasteiger partial charge in [0, 0.05) is 6.08 Å². The highest BCUT2D eigenvalue weighted by molar-refractivity contribution is 5.81. The van der Waals surface area contributed by atoms with E-state index < -0.39 is 37.3 Å². The van der Waals surface area contributed by atoms with Crippen molar-refractivity contribution in [1.82, 2.24) is 0 Å². The molecule has 0 aromatic heterocycles. The molecule has 1 unspecified atom stereocenters. The molecule has 0 radical (unpaired) electrons. The number of esters is 1. The van der Waals surface area contributed by atoms with E-state index in [4.69, 9.17) is 30.9 Å². The summed E-state index contributed by atoms with van der Waals surface area (Å²) < 4.78 is 4.77. The molecule has 0 amide bonds. The lowest BCUT2D eigenvalue weighted by Gasteiger charge is -2.06. The van der Waals surface area contributed by atoms with Crippen molar-refractivity contribution in [2.45, 2.75) is 96.1 Å². The molecule has 0 aliphatic rings. The molecule has 178 valence electrons. The fourth-order valence-electron chi connectivity index (χ4n) is 2.46. The lowest BCUT2D eigenvalue weighted by molar-refractivity contribution is -0.141. The van der Waals surface area contributed by atoms with Crippen LogP contribution in [0.2, 0.25) is 0 Å². The molecule has 8 nitrogen and oxygen atoms in total. The average Bonchev–Trinajstić information content (AvgIpc) is 2.74. The minimum atomic E-state index is -1.18. The van der Waals surface area contributed by atoms with Gasteiger partial charge in [-0.2, -0.15) is 0 Å². The third-order valence-electron chi connectivity index (χ3n) is 4.37. The summed E-state index contributed by atoms with van der Waals surface area (Å²) in [5, 5.41) is 33.5. The highest BCUT2D eigenvalue weighted by Crippen LogP contribution is 2.12. The van der Waals surface area contributed by atoms with E-state index in [1.54, 1.807) is 0 Å². The molecular formula is C22H43NO7. The Morgan fingerprint density at radius 2 is 1.40 bits per heavy atom. The third kappa shape index (κ3) is 24.6. The van der Waals surface area contributed by atoms with Gasteiger partial charge in [-0.15, -0.1) is 0 Å². The summed E-state index contributed by atoms with van der Waals surface area (Å²) in [6, 6.07) is -1.13. The van der Waals surface area contributed by atoms with Gasteiger partial charge in [-0.3, -0.25) is 4.79 Å². The number of allylic oxidation sites excluding steroid dienone is 1. The number of carbonyl (C=O) groups is 2. The first kappa shape index (κ1) is 30.7. The molecule has 0 saturated heterocycles. The van der Waals surface area contributed by atoms with E-state index in [2.05, 4.69) is 6.92 Å². The maximum absolute atomic E-state index is 11.3. The minimum absolute atomic E-state index is 0.155. The summed E-state index contributed by atoms with van der Waals surface area (Å²) in [5.41, 5.74) is 4.77. The lowest BCUT2D eigenvalue weighted by Crippen LogP contribution is -2.33. The molecule has 0 bridgehead atoms. The predicted octanol–water partition coefficient (Wildman–Crippen LogP) is 2.53. The number of hydrogen-bond donors (Lipinski definition) is 5. The summed E-state index contributed by atoms with van der Waals surface area (Å²) in [6.45, 7) is 1.20. The van der Waals surface area contributed by atoms with Crippen molar-refractivity contribution >= 4 is 11.9 Å². The molecule has 2 atom stereocenters. The number of aliphatic hydroxyl groups is 3. The summed E-state index contributed by atoms with van der Waals surface area (Å²) in [7, 11) is 0. The second-order valence-electron chi connectivity index (χ2n) is 7.32. The highest BCUT2D eigenvalue weighted by atomic mass is 16.5. The van der Waals surface area contributed by atoms with Crippen molar-refractivity contribution in [2.75, 3.05) is 19.8 Å². The zero-order valence-electron chi connectivity index (χ0n) is 18.5. The SMILES string of the molecule is CCCCCCCCCCCCCC=CC(=O)OCC(O)CO.N[C@@H](CO)C(=O)O. The van der Waals surface area contributed by atoms with Crippen molar-refractivity contribution in [3.05, 3.63) is 12.2 Å². The Morgan fingerprint density at radius 3 is 1.80 bits per heavy atom. The van der Waals surface area contributed by atoms with Crippen LogP contribution in [0.25, 0.3) is 0 Å². The summed E-state index contributed by atoms with van der Waals surface area (Å²) in [6.07, 6.45) is 17.6. The topological polar surface area (TPSA) is 150 Å². The van der Waals surface area contributed by atoms with Crippen LogP contribution in [0.1, 0.15) is 84.0 Å². The molecule has 8 heteroatoms. The molecule has 6 N–H and O–H groups in total. The van der Waals surface area contributed by atoms with E-state index in [0.717, 1.165) is 12.8 Å². The van der Waals surface area contributed by atoms with E-state index in [1.807, 2.05) is 6.08 Å². The average molecular weight is 434 g/mol. The van der Waals surface area contributed by atoms with E-state index >= 15 is 0 Å². The molecule has 0 aliphatic heterocycles. The van der Waals surface area contributed by atoms with Crippen LogP contribution in [0.5, 0.6) is 0 Å². The van der Waals surface area contributed by atoms with E-state index in [1.165, 1.54) is 70.3 Å². The fraction of sp³-hybridized carbons (Fsp3) is 0.818. The predicted molar refractivity (Wildman–Crippen MR) is 117 cm³/mol. The van der Waals surface area contributed by atoms with Gasteiger partial charge < -0.3 is 30.9 Å². The Hall–Kier alpha value is -1.48. The molecule has 0 aromatic carbocycles. The number of carbonyl (C=O) groups excluding carboxylic acids is 1. The monoisotopic (exact) mass is 433 g/mol. The third-order valence-corrected chi connectivity index (χ3v) is 4.37.